The van der Waals surface area contributed by atoms with E-state index in [0.29, 0.717) is 10.9 Å². The third-order valence-corrected chi connectivity index (χ3v) is 9.66. The Labute approximate surface area is 250 Å². The number of carbonyl (C=O) groups is 1. The van der Waals surface area contributed by atoms with Crippen LogP contribution < -0.4 is 20.9 Å². The fourth-order valence-corrected chi connectivity index (χ4v) is 6.98. The zero-order chi connectivity index (χ0) is 29.9. The van der Waals surface area contributed by atoms with E-state index in [2.05, 4.69) is 20.5 Å². The van der Waals surface area contributed by atoms with Crippen LogP contribution in [0.15, 0.2) is 57.5 Å². The van der Waals surface area contributed by atoms with Gasteiger partial charge in [0, 0.05) is 31.0 Å². The van der Waals surface area contributed by atoms with E-state index in [9.17, 15) is 18.0 Å². The van der Waals surface area contributed by atoms with Crippen molar-refractivity contribution in [3.05, 3.63) is 74.9 Å². The second-order valence-corrected chi connectivity index (χ2v) is 13.2. The molecular formula is C27H28ClFN6O5S2. The first-order chi connectivity index (χ1) is 20.1. The van der Waals surface area contributed by atoms with Crippen LogP contribution in [0.3, 0.4) is 0 Å². The van der Waals surface area contributed by atoms with Crippen LogP contribution >= 0.6 is 22.9 Å². The van der Waals surface area contributed by atoms with Gasteiger partial charge in [0.2, 0.25) is 0 Å². The van der Waals surface area contributed by atoms with E-state index >= 15 is 4.39 Å². The third-order valence-electron chi connectivity index (χ3n) is 6.61. The van der Waals surface area contributed by atoms with E-state index in [1.807, 2.05) is 4.72 Å². The molecule has 11 nitrogen and oxygen atoms in total. The molecule has 2 aromatic carbocycles. The first kappa shape index (κ1) is 29.9. The minimum absolute atomic E-state index is 0.0167. The maximum Gasteiger partial charge on any atom is 0.333 e. The minimum Gasteiger partial charge on any atom is -0.385 e. The molecule has 0 atom stereocenters. The van der Waals surface area contributed by atoms with E-state index in [4.69, 9.17) is 16.3 Å². The van der Waals surface area contributed by atoms with Crippen LogP contribution in [0.1, 0.15) is 12.2 Å². The maximum absolute atomic E-state index is 15.2. The van der Waals surface area contributed by atoms with Crippen molar-refractivity contribution in [3.63, 3.8) is 0 Å². The number of rotatable bonds is 9. The molecule has 2 aromatic heterocycles. The number of nitrogens with one attached hydrogen (secondary N) is 3. The first-order valence-corrected chi connectivity index (χ1v) is 15.7. The zero-order valence-electron chi connectivity index (χ0n) is 22.5. The predicted molar refractivity (Wildman–Crippen MR) is 161 cm³/mol. The molecule has 3 heterocycles. The van der Waals surface area contributed by atoms with Crippen LogP contribution in [-0.4, -0.2) is 68.3 Å². The van der Waals surface area contributed by atoms with E-state index in [1.165, 1.54) is 24.3 Å². The number of aromatic nitrogens is 2. The Balaban J connectivity index is 1.27. The number of halogens is 2. The van der Waals surface area contributed by atoms with Gasteiger partial charge in [-0.25, -0.2) is 27.3 Å². The lowest BCUT2D eigenvalue weighted by Crippen LogP contribution is -2.37. The molecule has 15 heteroatoms. The second-order valence-electron chi connectivity index (χ2n) is 9.55. The zero-order valence-corrected chi connectivity index (χ0v) is 24.9. The Morgan fingerprint density at radius 2 is 1.88 bits per heavy atom. The molecule has 1 saturated heterocycles. The van der Waals surface area contributed by atoms with Crippen LogP contribution in [0.4, 0.5) is 20.6 Å². The van der Waals surface area contributed by atoms with Crippen LogP contribution in [0.2, 0.25) is 4.34 Å². The quantitative estimate of drug-likeness (QED) is 0.233. The molecule has 0 bridgehead atoms. The molecule has 0 saturated carbocycles. The third kappa shape index (κ3) is 6.90. The highest BCUT2D eigenvalue weighted by molar-refractivity contribution is 7.92. The van der Waals surface area contributed by atoms with Crippen LogP contribution in [0.5, 0.6) is 0 Å². The standard InChI is InChI=1S/C27H28ClFN6O5S2/c1-17-31-22-16-18(30-9-2-10-34-11-13-40-14-12-34)3-5-20(22)26(36)35(17)23-6-4-19(15-21(23)29)32-27(37)33-42(38,39)25-8-7-24(28)41-25/h3-8,15-16,30H,2,9-14H2,1H3,(H2,32,33,37). The van der Waals surface area contributed by atoms with Crippen molar-refractivity contribution in [2.45, 2.75) is 17.6 Å². The van der Waals surface area contributed by atoms with E-state index in [0.717, 1.165) is 73.5 Å². The molecule has 1 fully saturated rings. The summed E-state index contributed by atoms with van der Waals surface area (Å²) in [7, 11) is -4.15. The van der Waals surface area contributed by atoms with Crippen LogP contribution in [-0.2, 0) is 14.8 Å². The van der Waals surface area contributed by atoms with E-state index in [1.54, 1.807) is 25.1 Å². The number of aryl methyl sites for hydroxylation is 1. The minimum atomic E-state index is -4.15. The number of nitrogens with zero attached hydrogens (tertiary/aromatic N) is 3. The molecule has 1 aliphatic rings. The van der Waals surface area contributed by atoms with Gasteiger partial charge in [-0.1, -0.05) is 11.6 Å². The summed E-state index contributed by atoms with van der Waals surface area (Å²) in [6.07, 6.45) is 0.956. The molecule has 5 rings (SSSR count). The average Bonchev–Trinajstić information content (AvgIpc) is 3.40. The van der Waals surface area contributed by atoms with Gasteiger partial charge in [0.1, 0.15) is 15.9 Å². The van der Waals surface area contributed by atoms with Crippen molar-refractivity contribution in [3.8, 4) is 5.69 Å². The lowest BCUT2D eigenvalue weighted by atomic mass is 10.2. The number of amides is 2. The number of anilines is 2. The summed E-state index contributed by atoms with van der Waals surface area (Å²) in [5.41, 5.74) is 0.781. The highest BCUT2D eigenvalue weighted by Gasteiger charge is 2.21. The van der Waals surface area contributed by atoms with Crippen molar-refractivity contribution in [1.82, 2.24) is 19.2 Å². The van der Waals surface area contributed by atoms with Gasteiger partial charge in [-0.2, -0.15) is 0 Å². The molecule has 2 amide bonds. The Kier molecular flexibility index (Phi) is 9.08. The van der Waals surface area contributed by atoms with Crippen molar-refractivity contribution >= 4 is 61.3 Å². The predicted octanol–water partition coefficient (Wildman–Crippen LogP) is 4.19. The lowest BCUT2D eigenvalue weighted by Gasteiger charge is -2.26. The van der Waals surface area contributed by atoms with Gasteiger partial charge in [-0.05, 0) is 68.4 Å². The van der Waals surface area contributed by atoms with Gasteiger partial charge in [0.15, 0.2) is 0 Å². The van der Waals surface area contributed by atoms with Crippen molar-refractivity contribution in [1.29, 1.82) is 0 Å². The molecule has 0 spiro atoms. The summed E-state index contributed by atoms with van der Waals surface area (Å²) in [6, 6.07) is 10.5. The van der Waals surface area contributed by atoms with Gasteiger partial charge in [-0.15, -0.1) is 11.3 Å². The number of urea groups is 1. The Hall–Kier alpha value is -3.56. The Morgan fingerprint density at radius 3 is 2.60 bits per heavy atom. The summed E-state index contributed by atoms with van der Waals surface area (Å²) in [6.45, 7) is 6.75. The summed E-state index contributed by atoms with van der Waals surface area (Å²) in [5.74, 6) is -0.541. The monoisotopic (exact) mass is 634 g/mol. The number of ether oxygens (including phenoxy) is 1. The number of fused-ring (bicyclic) bond motifs is 1. The molecule has 1 aliphatic heterocycles. The van der Waals surface area contributed by atoms with E-state index in [-0.39, 0.29) is 25.7 Å². The fourth-order valence-electron chi connectivity index (χ4n) is 4.59. The summed E-state index contributed by atoms with van der Waals surface area (Å²) < 4.78 is 48.4. The van der Waals surface area contributed by atoms with Gasteiger partial charge >= 0.3 is 6.03 Å². The Morgan fingerprint density at radius 1 is 1.12 bits per heavy atom. The molecule has 222 valence electrons. The number of hydrogen-bond donors (Lipinski definition) is 3. The fraction of sp³-hybridized carbons (Fsp3) is 0.296. The molecule has 0 unspecified atom stereocenters. The highest BCUT2D eigenvalue weighted by atomic mass is 35.5. The molecule has 4 aromatic rings. The molecule has 42 heavy (non-hydrogen) atoms. The molecule has 0 aliphatic carbocycles. The van der Waals surface area contributed by atoms with Crippen molar-refractivity contribution < 1.29 is 22.3 Å². The SMILES string of the molecule is Cc1nc2cc(NCCCN3CCOCC3)ccc2c(=O)n1-c1ccc(NC(=O)NS(=O)(=O)c2ccc(Cl)s2)cc1F. The molecule has 0 radical (unpaired) electrons. The molecule has 3 N–H and O–H groups in total. The van der Waals surface area contributed by atoms with Gasteiger partial charge in [-0.3, -0.25) is 14.3 Å². The smallest absolute Gasteiger partial charge is 0.333 e. The van der Waals surface area contributed by atoms with Crippen LogP contribution in [0.25, 0.3) is 16.6 Å². The average molecular weight is 635 g/mol. The summed E-state index contributed by atoms with van der Waals surface area (Å²) in [4.78, 5) is 32.6. The van der Waals surface area contributed by atoms with Gasteiger partial charge in [0.25, 0.3) is 15.6 Å². The summed E-state index contributed by atoms with van der Waals surface area (Å²) >= 11 is 6.56. The van der Waals surface area contributed by atoms with Crippen LogP contribution in [0, 0.1) is 12.7 Å². The lowest BCUT2D eigenvalue weighted by molar-refractivity contribution is 0.0378. The van der Waals surface area contributed by atoms with Gasteiger partial charge < -0.3 is 15.4 Å². The number of sulfonamides is 1. The number of hydrogen-bond acceptors (Lipinski definition) is 9. The largest absolute Gasteiger partial charge is 0.385 e. The highest BCUT2D eigenvalue weighted by Crippen LogP contribution is 2.26. The maximum atomic E-state index is 15.2. The second kappa shape index (κ2) is 12.8. The number of benzene rings is 2. The number of carbonyl (C=O) groups excluding carboxylic acids is 1. The first-order valence-electron chi connectivity index (χ1n) is 13.1. The normalized spacial score (nSPS) is 14.2. The number of thiophene rings is 1. The van der Waals surface area contributed by atoms with E-state index < -0.39 is 27.4 Å². The molecular weight excluding hydrogens is 607 g/mol. The number of morpholine rings is 1. The van der Waals surface area contributed by atoms with Gasteiger partial charge in [0.05, 0.1) is 34.1 Å². The summed E-state index contributed by atoms with van der Waals surface area (Å²) in [5, 5.41) is 5.97. The van der Waals surface area contributed by atoms with Crippen molar-refractivity contribution in [2.75, 3.05) is 50.0 Å². The van der Waals surface area contributed by atoms with Crippen molar-refractivity contribution in [2.24, 2.45) is 0 Å². The topological polar surface area (TPSA) is 135 Å². The Bertz CT molecular complexity index is 1790.